The van der Waals surface area contributed by atoms with Crippen molar-refractivity contribution in [2.45, 2.75) is 24.8 Å². The van der Waals surface area contributed by atoms with Crippen LogP contribution in [0, 0.1) is 0 Å². The van der Waals surface area contributed by atoms with Gasteiger partial charge in [-0.3, -0.25) is 0 Å². The standard InChI is InChI=1S/C25H22ClNO4/c26-23-12-6-1-7-16(23)13-17(14-24(28)29)27-25(30)31-15-22-20-10-4-2-8-18(20)19-9-3-5-11-21(19)22/h1-12,17,22H,13-15H2,(H,27,30)(H,28,29)/p-1/t17-/m1/s1. The van der Waals surface area contributed by atoms with E-state index in [-0.39, 0.29) is 25.4 Å². The zero-order chi connectivity index (χ0) is 21.8. The van der Waals surface area contributed by atoms with Crippen LogP contribution in [0.25, 0.3) is 11.1 Å². The summed E-state index contributed by atoms with van der Waals surface area (Å²) < 4.78 is 5.52. The molecule has 0 saturated carbocycles. The highest BCUT2D eigenvalue weighted by Crippen LogP contribution is 2.44. The minimum Gasteiger partial charge on any atom is -0.550 e. The number of alkyl carbamates (subject to hydrolysis) is 1. The third-order valence-electron chi connectivity index (χ3n) is 5.50. The molecule has 0 heterocycles. The first-order valence-corrected chi connectivity index (χ1v) is 10.5. The second-order valence-corrected chi connectivity index (χ2v) is 7.95. The molecule has 0 saturated heterocycles. The van der Waals surface area contributed by atoms with Crippen LogP contribution in [0.4, 0.5) is 4.79 Å². The highest BCUT2D eigenvalue weighted by atomic mass is 35.5. The van der Waals surface area contributed by atoms with Crippen LogP contribution in [0.15, 0.2) is 72.8 Å². The normalized spacial score (nSPS) is 13.2. The molecule has 6 heteroatoms. The molecular formula is C25H21ClNO4-. The second-order valence-electron chi connectivity index (χ2n) is 7.54. The van der Waals surface area contributed by atoms with Crippen molar-refractivity contribution < 1.29 is 19.4 Å². The van der Waals surface area contributed by atoms with E-state index in [4.69, 9.17) is 16.3 Å². The molecule has 1 aliphatic rings. The fraction of sp³-hybridized carbons (Fsp3) is 0.200. The van der Waals surface area contributed by atoms with Crippen LogP contribution < -0.4 is 10.4 Å². The Bertz CT molecular complexity index is 1070. The topological polar surface area (TPSA) is 78.5 Å². The zero-order valence-electron chi connectivity index (χ0n) is 16.7. The maximum atomic E-state index is 12.5. The molecule has 0 radical (unpaired) electrons. The lowest BCUT2D eigenvalue weighted by Crippen LogP contribution is -2.41. The summed E-state index contributed by atoms with van der Waals surface area (Å²) in [5.41, 5.74) is 5.24. The number of carboxylic acids is 1. The van der Waals surface area contributed by atoms with Gasteiger partial charge in [-0.15, -0.1) is 0 Å². The van der Waals surface area contributed by atoms with Crippen molar-refractivity contribution in [1.29, 1.82) is 0 Å². The number of benzene rings is 3. The van der Waals surface area contributed by atoms with E-state index in [1.54, 1.807) is 18.2 Å². The molecule has 1 amide bonds. The van der Waals surface area contributed by atoms with E-state index in [0.29, 0.717) is 5.02 Å². The average molecular weight is 435 g/mol. The third-order valence-corrected chi connectivity index (χ3v) is 5.87. The average Bonchev–Trinajstić information content (AvgIpc) is 3.07. The molecule has 3 aromatic rings. The number of carbonyl (C=O) groups is 2. The Hall–Kier alpha value is -3.31. The summed E-state index contributed by atoms with van der Waals surface area (Å²) in [6.07, 6.45) is -0.743. The maximum absolute atomic E-state index is 12.5. The van der Waals surface area contributed by atoms with Gasteiger partial charge in [0.2, 0.25) is 0 Å². The van der Waals surface area contributed by atoms with E-state index < -0.39 is 18.1 Å². The highest BCUT2D eigenvalue weighted by Gasteiger charge is 2.29. The number of hydrogen-bond acceptors (Lipinski definition) is 4. The summed E-state index contributed by atoms with van der Waals surface area (Å²) in [6.45, 7) is 0.157. The van der Waals surface area contributed by atoms with Crippen LogP contribution in [-0.2, 0) is 16.0 Å². The van der Waals surface area contributed by atoms with Crippen LogP contribution in [0.3, 0.4) is 0 Å². The van der Waals surface area contributed by atoms with Crippen molar-refractivity contribution in [3.8, 4) is 11.1 Å². The molecular weight excluding hydrogens is 414 g/mol. The van der Waals surface area contributed by atoms with E-state index in [9.17, 15) is 14.7 Å². The first kappa shape index (κ1) is 20.9. The largest absolute Gasteiger partial charge is 0.550 e. The smallest absolute Gasteiger partial charge is 0.407 e. The third kappa shape index (κ3) is 4.72. The molecule has 0 bridgehead atoms. The summed E-state index contributed by atoms with van der Waals surface area (Å²) in [5.74, 6) is -1.32. The highest BCUT2D eigenvalue weighted by molar-refractivity contribution is 6.31. The lowest BCUT2D eigenvalue weighted by molar-refractivity contribution is -0.306. The van der Waals surface area contributed by atoms with Crippen molar-refractivity contribution in [1.82, 2.24) is 5.32 Å². The number of rotatable bonds is 7. The van der Waals surface area contributed by atoms with Crippen LogP contribution in [-0.4, -0.2) is 24.7 Å². The molecule has 0 aromatic heterocycles. The monoisotopic (exact) mass is 434 g/mol. The Morgan fingerprint density at radius 2 is 1.52 bits per heavy atom. The molecule has 3 aromatic carbocycles. The van der Waals surface area contributed by atoms with Gasteiger partial charge in [0.15, 0.2) is 0 Å². The molecule has 4 rings (SSSR count). The minimum absolute atomic E-state index is 0.0682. The Balaban J connectivity index is 1.44. The number of hydrogen-bond donors (Lipinski definition) is 1. The molecule has 158 valence electrons. The van der Waals surface area contributed by atoms with Crippen LogP contribution in [0.5, 0.6) is 0 Å². The molecule has 0 fully saturated rings. The quantitative estimate of drug-likeness (QED) is 0.611. The molecule has 1 aliphatic carbocycles. The van der Waals surface area contributed by atoms with Gasteiger partial charge in [-0.05, 0) is 40.3 Å². The van der Waals surface area contributed by atoms with Gasteiger partial charge in [0.1, 0.15) is 6.61 Å². The fourth-order valence-electron chi connectivity index (χ4n) is 4.11. The van der Waals surface area contributed by atoms with E-state index in [1.807, 2.05) is 42.5 Å². The van der Waals surface area contributed by atoms with Crippen LogP contribution >= 0.6 is 11.6 Å². The molecule has 0 aliphatic heterocycles. The number of halogens is 1. The number of carboxylic acid groups (broad SMARTS) is 1. The van der Waals surface area contributed by atoms with Gasteiger partial charge in [0, 0.05) is 29.4 Å². The van der Waals surface area contributed by atoms with Gasteiger partial charge < -0.3 is 20.0 Å². The van der Waals surface area contributed by atoms with Gasteiger partial charge in [0.05, 0.1) is 0 Å². The van der Waals surface area contributed by atoms with Gasteiger partial charge in [0.25, 0.3) is 0 Å². The van der Waals surface area contributed by atoms with Crippen molar-refractivity contribution >= 4 is 23.7 Å². The molecule has 0 spiro atoms. The minimum atomic E-state index is -1.25. The van der Waals surface area contributed by atoms with Gasteiger partial charge in [-0.1, -0.05) is 78.3 Å². The van der Waals surface area contributed by atoms with Gasteiger partial charge >= 0.3 is 6.09 Å². The lowest BCUT2D eigenvalue weighted by atomic mass is 9.98. The van der Waals surface area contributed by atoms with Crippen molar-refractivity contribution in [2.24, 2.45) is 0 Å². The summed E-state index contributed by atoms with van der Waals surface area (Å²) in [4.78, 5) is 23.7. The van der Waals surface area contributed by atoms with Crippen molar-refractivity contribution in [3.63, 3.8) is 0 Å². The van der Waals surface area contributed by atoms with Crippen molar-refractivity contribution in [3.05, 3.63) is 94.5 Å². The van der Waals surface area contributed by atoms with Crippen molar-refractivity contribution in [2.75, 3.05) is 6.61 Å². The predicted molar refractivity (Wildman–Crippen MR) is 117 cm³/mol. The Morgan fingerprint density at radius 3 is 2.13 bits per heavy atom. The number of carbonyl (C=O) groups excluding carboxylic acids is 2. The molecule has 1 atom stereocenters. The van der Waals surface area contributed by atoms with Crippen LogP contribution in [0.2, 0.25) is 5.02 Å². The van der Waals surface area contributed by atoms with E-state index in [2.05, 4.69) is 17.4 Å². The Morgan fingerprint density at radius 1 is 0.935 bits per heavy atom. The van der Waals surface area contributed by atoms with Gasteiger partial charge in [-0.25, -0.2) is 4.79 Å². The van der Waals surface area contributed by atoms with Crippen LogP contribution in [0.1, 0.15) is 29.0 Å². The number of fused-ring (bicyclic) bond motifs is 3. The maximum Gasteiger partial charge on any atom is 0.407 e. The summed E-state index contributed by atoms with van der Waals surface area (Å²) in [6, 6.07) is 22.6. The first-order valence-electron chi connectivity index (χ1n) is 10.1. The summed E-state index contributed by atoms with van der Waals surface area (Å²) in [7, 11) is 0. The van der Waals surface area contributed by atoms with Gasteiger partial charge in [-0.2, -0.15) is 0 Å². The summed E-state index contributed by atoms with van der Waals surface area (Å²) >= 11 is 6.18. The Kier molecular flexibility index (Phi) is 6.23. The van der Waals surface area contributed by atoms with E-state index in [1.165, 1.54) is 0 Å². The fourth-order valence-corrected chi connectivity index (χ4v) is 4.32. The van der Waals surface area contributed by atoms with E-state index in [0.717, 1.165) is 27.8 Å². The number of nitrogens with one attached hydrogen (secondary N) is 1. The number of aliphatic carboxylic acids is 1. The molecule has 31 heavy (non-hydrogen) atoms. The molecule has 0 unspecified atom stereocenters. The first-order chi connectivity index (χ1) is 15.0. The molecule has 5 nitrogen and oxygen atoms in total. The number of amides is 1. The number of ether oxygens (including phenoxy) is 1. The second kappa shape index (κ2) is 9.23. The predicted octanol–water partition coefficient (Wildman–Crippen LogP) is 3.93. The lowest BCUT2D eigenvalue weighted by Gasteiger charge is -2.21. The SMILES string of the molecule is O=C([O-])C[C@@H](Cc1ccccc1Cl)NC(=O)OCC1c2ccccc2-c2ccccc21. The molecule has 1 N–H and O–H groups in total. The van der Waals surface area contributed by atoms with E-state index >= 15 is 0 Å². The Labute approximate surface area is 185 Å². The zero-order valence-corrected chi connectivity index (χ0v) is 17.5. The summed E-state index contributed by atoms with van der Waals surface area (Å²) in [5, 5.41) is 14.3.